The highest BCUT2D eigenvalue weighted by atomic mass is 35.5. The van der Waals surface area contributed by atoms with Crippen LogP contribution in [0.1, 0.15) is 17.7 Å². The van der Waals surface area contributed by atoms with Crippen LogP contribution in [0.15, 0.2) is 42.5 Å². The number of aromatic amines is 1. The number of ether oxygens (including phenoxy) is 1. The van der Waals surface area contributed by atoms with Gasteiger partial charge in [0.2, 0.25) is 5.91 Å². The minimum absolute atomic E-state index is 0.0106. The van der Waals surface area contributed by atoms with Gasteiger partial charge in [0, 0.05) is 27.5 Å². The van der Waals surface area contributed by atoms with Crippen LogP contribution in [0.4, 0.5) is 5.69 Å². The molecule has 4 rings (SSSR count). The molecule has 1 aliphatic rings. The lowest BCUT2D eigenvalue weighted by atomic mass is 9.86. The summed E-state index contributed by atoms with van der Waals surface area (Å²) in [6.45, 7) is 0. The summed E-state index contributed by atoms with van der Waals surface area (Å²) >= 11 is 6.05. The monoisotopic (exact) mass is 354 g/mol. The van der Waals surface area contributed by atoms with Crippen molar-refractivity contribution in [2.24, 2.45) is 5.92 Å². The number of aryl methyl sites for hydroxylation is 1. The van der Waals surface area contributed by atoms with Crippen LogP contribution in [0.2, 0.25) is 5.02 Å². The molecule has 5 heteroatoms. The first-order valence-electron chi connectivity index (χ1n) is 8.38. The Morgan fingerprint density at radius 1 is 1.28 bits per heavy atom. The lowest BCUT2D eigenvalue weighted by Gasteiger charge is -2.22. The Hall–Kier alpha value is -2.46. The van der Waals surface area contributed by atoms with Gasteiger partial charge in [-0.25, -0.2) is 0 Å². The lowest BCUT2D eigenvalue weighted by Crippen LogP contribution is -2.28. The molecule has 0 spiro atoms. The number of carbonyl (C=O) groups is 1. The van der Waals surface area contributed by atoms with Crippen LogP contribution in [-0.2, 0) is 17.6 Å². The Morgan fingerprint density at radius 2 is 2.12 bits per heavy atom. The number of aromatic nitrogens is 1. The van der Waals surface area contributed by atoms with E-state index in [0.717, 1.165) is 24.8 Å². The maximum atomic E-state index is 12.8. The largest absolute Gasteiger partial charge is 0.495 e. The fourth-order valence-corrected chi connectivity index (χ4v) is 3.78. The molecule has 1 aliphatic carbocycles. The van der Waals surface area contributed by atoms with E-state index in [2.05, 4.69) is 22.4 Å². The molecular weight excluding hydrogens is 336 g/mol. The average molecular weight is 355 g/mol. The van der Waals surface area contributed by atoms with Crippen molar-refractivity contribution < 1.29 is 9.53 Å². The Bertz CT molecular complexity index is 948. The smallest absolute Gasteiger partial charge is 0.227 e. The van der Waals surface area contributed by atoms with Crippen molar-refractivity contribution in [2.75, 3.05) is 12.4 Å². The summed E-state index contributed by atoms with van der Waals surface area (Å²) in [5.41, 5.74) is 4.28. The number of hydrogen-bond donors (Lipinski definition) is 2. The number of amides is 1. The first-order valence-corrected chi connectivity index (χ1v) is 8.76. The van der Waals surface area contributed by atoms with Crippen LogP contribution in [-0.4, -0.2) is 18.0 Å². The highest BCUT2D eigenvalue weighted by Crippen LogP contribution is 2.33. The number of methoxy groups -OCH3 is 1. The van der Waals surface area contributed by atoms with Gasteiger partial charge in [-0.15, -0.1) is 0 Å². The molecule has 0 saturated carbocycles. The zero-order chi connectivity index (χ0) is 17.4. The van der Waals surface area contributed by atoms with E-state index in [-0.39, 0.29) is 11.8 Å². The van der Waals surface area contributed by atoms with Gasteiger partial charge >= 0.3 is 0 Å². The zero-order valence-corrected chi connectivity index (χ0v) is 14.7. The van der Waals surface area contributed by atoms with Gasteiger partial charge < -0.3 is 15.0 Å². The van der Waals surface area contributed by atoms with E-state index < -0.39 is 0 Å². The number of halogens is 1. The van der Waals surface area contributed by atoms with Gasteiger partial charge in [0.15, 0.2) is 0 Å². The van der Waals surface area contributed by atoms with Crippen LogP contribution >= 0.6 is 11.6 Å². The van der Waals surface area contributed by atoms with Crippen LogP contribution in [0.5, 0.6) is 5.75 Å². The summed E-state index contributed by atoms with van der Waals surface area (Å²) in [6, 6.07) is 13.5. The quantitative estimate of drug-likeness (QED) is 0.723. The van der Waals surface area contributed by atoms with E-state index in [4.69, 9.17) is 16.3 Å². The van der Waals surface area contributed by atoms with Gasteiger partial charge in [0.05, 0.1) is 12.8 Å². The van der Waals surface area contributed by atoms with E-state index in [9.17, 15) is 4.79 Å². The topological polar surface area (TPSA) is 54.1 Å². The van der Waals surface area contributed by atoms with Crippen LogP contribution in [0, 0.1) is 5.92 Å². The molecule has 1 unspecified atom stereocenters. The average Bonchev–Trinajstić information content (AvgIpc) is 2.99. The number of fused-ring (bicyclic) bond motifs is 3. The molecule has 0 bridgehead atoms. The summed E-state index contributed by atoms with van der Waals surface area (Å²) in [7, 11) is 1.58. The first-order chi connectivity index (χ1) is 12.2. The van der Waals surface area contributed by atoms with E-state index in [1.807, 2.05) is 12.1 Å². The van der Waals surface area contributed by atoms with Crippen molar-refractivity contribution in [1.29, 1.82) is 0 Å². The summed E-state index contributed by atoms with van der Waals surface area (Å²) < 4.78 is 5.31. The van der Waals surface area contributed by atoms with Crippen molar-refractivity contribution >= 4 is 34.1 Å². The maximum absolute atomic E-state index is 12.8. The molecule has 1 aromatic heterocycles. The second-order valence-electron chi connectivity index (χ2n) is 6.40. The summed E-state index contributed by atoms with van der Waals surface area (Å²) in [5, 5.41) is 4.77. The fourth-order valence-electron chi connectivity index (χ4n) is 3.61. The number of hydrogen-bond acceptors (Lipinski definition) is 2. The van der Waals surface area contributed by atoms with Gasteiger partial charge in [-0.05, 0) is 49.1 Å². The molecule has 3 aromatic rings. The number of para-hydroxylation sites is 1. The van der Waals surface area contributed by atoms with Gasteiger partial charge in [-0.3, -0.25) is 4.79 Å². The second-order valence-corrected chi connectivity index (χ2v) is 6.84. The molecule has 0 radical (unpaired) electrons. The third-order valence-corrected chi connectivity index (χ3v) is 5.12. The van der Waals surface area contributed by atoms with Gasteiger partial charge in [-0.2, -0.15) is 0 Å². The third kappa shape index (κ3) is 2.98. The van der Waals surface area contributed by atoms with Crippen LogP contribution < -0.4 is 10.1 Å². The SMILES string of the molecule is COc1ccc(Cl)cc1NC(=O)C1CCc2[nH]c3ccccc3c2C1. The van der Waals surface area contributed by atoms with Crippen LogP contribution in [0.3, 0.4) is 0 Å². The number of H-pyrrole nitrogens is 1. The molecule has 25 heavy (non-hydrogen) atoms. The molecule has 128 valence electrons. The molecule has 2 aromatic carbocycles. The van der Waals surface area contributed by atoms with E-state index in [0.29, 0.717) is 16.5 Å². The molecule has 0 fully saturated rings. The number of nitrogens with one attached hydrogen (secondary N) is 2. The highest BCUT2D eigenvalue weighted by Gasteiger charge is 2.27. The first kappa shape index (κ1) is 16.0. The lowest BCUT2D eigenvalue weighted by molar-refractivity contribution is -0.120. The number of carbonyl (C=O) groups excluding carboxylic acids is 1. The minimum Gasteiger partial charge on any atom is -0.495 e. The highest BCUT2D eigenvalue weighted by molar-refractivity contribution is 6.31. The summed E-state index contributed by atoms with van der Waals surface area (Å²) in [5.74, 6) is 0.563. The third-order valence-electron chi connectivity index (χ3n) is 4.89. The molecule has 1 atom stereocenters. The molecule has 1 amide bonds. The van der Waals surface area contributed by atoms with Gasteiger partial charge in [0.1, 0.15) is 5.75 Å². The molecular formula is C20H19ClN2O2. The Morgan fingerprint density at radius 3 is 2.96 bits per heavy atom. The van der Waals surface area contributed by atoms with E-state index in [1.54, 1.807) is 25.3 Å². The van der Waals surface area contributed by atoms with Crippen molar-refractivity contribution in [2.45, 2.75) is 19.3 Å². The standard InChI is InChI=1S/C20H19ClN2O2/c1-25-19-9-7-13(21)11-18(19)23-20(24)12-6-8-17-15(10-12)14-4-2-3-5-16(14)22-17/h2-5,7,9,11-12,22H,6,8,10H2,1H3,(H,23,24). The van der Waals surface area contributed by atoms with E-state index >= 15 is 0 Å². The number of benzene rings is 2. The van der Waals surface area contributed by atoms with Crippen molar-refractivity contribution in [1.82, 2.24) is 4.98 Å². The van der Waals surface area contributed by atoms with Crippen LogP contribution in [0.25, 0.3) is 10.9 Å². The summed E-state index contributed by atoms with van der Waals surface area (Å²) in [4.78, 5) is 16.3. The zero-order valence-electron chi connectivity index (χ0n) is 13.9. The predicted octanol–water partition coefficient (Wildman–Crippen LogP) is 4.57. The normalized spacial score (nSPS) is 16.5. The second kappa shape index (κ2) is 6.45. The van der Waals surface area contributed by atoms with Gasteiger partial charge in [-0.1, -0.05) is 29.8 Å². The Kier molecular flexibility index (Phi) is 4.14. The predicted molar refractivity (Wildman–Crippen MR) is 100 cm³/mol. The number of anilines is 1. The van der Waals surface area contributed by atoms with E-state index in [1.165, 1.54) is 16.6 Å². The summed E-state index contributed by atoms with van der Waals surface area (Å²) in [6.07, 6.45) is 2.46. The molecule has 4 nitrogen and oxygen atoms in total. The van der Waals surface area contributed by atoms with Crippen molar-refractivity contribution in [3.63, 3.8) is 0 Å². The number of rotatable bonds is 3. The fraction of sp³-hybridized carbons (Fsp3) is 0.250. The van der Waals surface area contributed by atoms with Crippen molar-refractivity contribution in [3.05, 3.63) is 58.7 Å². The van der Waals surface area contributed by atoms with Crippen molar-refractivity contribution in [3.8, 4) is 5.75 Å². The molecule has 0 saturated heterocycles. The maximum Gasteiger partial charge on any atom is 0.227 e. The Balaban J connectivity index is 1.57. The molecule has 2 N–H and O–H groups in total. The molecule has 0 aliphatic heterocycles. The van der Waals surface area contributed by atoms with Gasteiger partial charge in [0.25, 0.3) is 0 Å². The minimum atomic E-state index is -0.0598. The molecule has 1 heterocycles. The Labute approximate surface area is 151 Å².